The first-order valence-electron chi connectivity index (χ1n) is 8.92. The van der Waals surface area contributed by atoms with Gasteiger partial charge in [0.05, 0.1) is 6.10 Å². The second-order valence-electron chi connectivity index (χ2n) is 7.45. The molecule has 1 aliphatic heterocycles. The third-order valence-electron chi connectivity index (χ3n) is 5.66. The number of alkyl halides is 3. The van der Waals surface area contributed by atoms with E-state index in [2.05, 4.69) is 9.88 Å². The van der Waals surface area contributed by atoms with Crippen molar-refractivity contribution >= 4 is 0 Å². The molecule has 4 nitrogen and oxygen atoms in total. The number of aliphatic hydroxyl groups excluding tert-OH is 1. The number of halogens is 3. The minimum Gasteiger partial charge on any atom is -0.387 e. The van der Waals surface area contributed by atoms with Crippen LogP contribution in [-0.4, -0.2) is 39.2 Å². The summed E-state index contributed by atoms with van der Waals surface area (Å²) in [6.07, 6.45) is -1.61. The SMILES string of the molecule is CN(C[C@@H]1CCc2nc(C(F)(F)F)cn2C1)[C@@H]1Cc2ccccc2[C@H]1O. The second kappa shape index (κ2) is 6.39. The molecule has 3 atom stereocenters. The van der Waals surface area contributed by atoms with Gasteiger partial charge < -0.3 is 9.67 Å². The monoisotopic (exact) mass is 365 g/mol. The summed E-state index contributed by atoms with van der Waals surface area (Å²) in [6, 6.07) is 7.94. The van der Waals surface area contributed by atoms with E-state index in [9.17, 15) is 18.3 Å². The Morgan fingerprint density at radius 1 is 1.31 bits per heavy atom. The molecule has 0 radical (unpaired) electrons. The minimum absolute atomic E-state index is 0.0160. The van der Waals surface area contributed by atoms with Gasteiger partial charge in [0.15, 0.2) is 5.69 Å². The molecule has 0 bridgehead atoms. The van der Waals surface area contributed by atoms with E-state index in [1.165, 1.54) is 5.56 Å². The van der Waals surface area contributed by atoms with E-state index in [0.29, 0.717) is 18.8 Å². The van der Waals surface area contributed by atoms with Crippen molar-refractivity contribution in [2.45, 2.75) is 44.1 Å². The summed E-state index contributed by atoms with van der Waals surface area (Å²) in [6.45, 7) is 1.28. The molecule has 0 fully saturated rings. The van der Waals surface area contributed by atoms with Gasteiger partial charge in [-0.3, -0.25) is 4.90 Å². The summed E-state index contributed by atoms with van der Waals surface area (Å²) in [5.74, 6) is 0.767. The maximum absolute atomic E-state index is 12.8. The number of rotatable bonds is 3. The maximum atomic E-state index is 12.8. The number of aryl methyl sites for hydroxylation is 1. The Kier molecular flexibility index (Phi) is 4.31. The first-order valence-corrected chi connectivity index (χ1v) is 8.92. The van der Waals surface area contributed by atoms with E-state index in [-0.39, 0.29) is 12.0 Å². The Hall–Kier alpha value is -1.86. The van der Waals surface area contributed by atoms with E-state index in [0.717, 1.165) is 31.1 Å². The van der Waals surface area contributed by atoms with Crippen molar-refractivity contribution in [2.24, 2.45) is 5.92 Å². The molecule has 0 spiro atoms. The highest BCUT2D eigenvalue weighted by atomic mass is 19.4. The first kappa shape index (κ1) is 17.5. The Morgan fingerprint density at radius 2 is 2.08 bits per heavy atom. The Labute approximate surface area is 150 Å². The van der Waals surface area contributed by atoms with Crippen LogP contribution in [0.15, 0.2) is 30.5 Å². The smallest absolute Gasteiger partial charge is 0.387 e. The molecule has 1 aliphatic carbocycles. The fourth-order valence-corrected chi connectivity index (χ4v) is 4.29. The quantitative estimate of drug-likeness (QED) is 0.909. The fourth-order valence-electron chi connectivity index (χ4n) is 4.29. The van der Waals surface area contributed by atoms with Crippen molar-refractivity contribution in [1.82, 2.24) is 14.5 Å². The zero-order chi connectivity index (χ0) is 18.5. The average molecular weight is 365 g/mol. The molecular formula is C19H22F3N3O. The molecule has 0 amide bonds. The molecule has 7 heteroatoms. The molecule has 0 saturated heterocycles. The van der Waals surface area contributed by atoms with Crippen molar-refractivity contribution in [3.8, 4) is 0 Å². The number of nitrogens with zero attached hydrogens (tertiary/aromatic N) is 3. The lowest BCUT2D eigenvalue weighted by Gasteiger charge is -2.32. The van der Waals surface area contributed by atoms with Gasteiger partial charge in [-0.2, -0.15) is 13.2 Å². The van der Waals surface area contributed by atoms with Crippen molar-refractivity contribution in [1.29, 1.82) is 0 Å². The van der Waals surface area contributed by atoms with Gasteiger partial charge in [-0.25, -0.2) is 4.98 Å². The fraction of sp³-hybridized carbons (Fsp3) is 0.526. The number of aliphatic hydroxyl groups is 1. The minimum atomic E-state index is -4.39. The Morgan fingerprint density at radius 3 is 2.81 bits per heavy atom. The average Bonchev–Trinajstić information content (AvgIpc) is 3.16. The van der Waals surface area contributed by atoms with Crippen LogP contribution in [0.25, 0.3) is 0 Å². The van der Waals surface area contributed by atoms with Gasteiger partial charge in [0.2, 0.25) is 0 Å². The molecule has 1 aromatic carbocycles. The number of hydrogen-bond donors (Lipinski definition) is 1. The molecule has 2 aliphatic rings. The zero-order valence-corrected chi connectivity index (χ0v) is 14.6. The van der Waals surface area contributed by atoms with Gasteiger partial charge in [-0.05, 0) is 36.9 Å². The molecule has 2 heterocycles. The molecule has 4 rings (SSSR count). The Balaban J connectivity index is 1.42. The van der Waals surface area contributed by atoms with Crippen LogP contribution in [-0.2, 0) is 25.6 Å². The number of hydrogen-bond acceptors (Lipinski definition) is 3. The second-order valence-corrected chi connectivity index (χ2v) is 7.45. The van der Waals surface area contributed by atoms with Crippen LogP contribution < -0.4 is 0 Å². The van der Waals surface area contributed by atoms with Crippen LogP contribution in [0, 0.1) is 5.92 Å². The van der Waals surface area contributed by atoms with Crippen LogP contribution in [0.3, 0.4) is 0 Å². The van der Waals surface area contributed by atoms with Crippen LogP contribution in [0.2, 0.25) is 0 Å². The van der Waals surface area contributed by atoms with Gasteiger partial charge in [0.1, 0.15) is 5.82 Å². The molecule has 0 unspecified atom stereocenters. The lowest BCUT2D eigenvalue weighted by Crippen LogP contribution is -2.40. The van der Waals surface area contributed by atoms with Gasteiger partial charge in [-0.15, -0.1) is 0 Å². The third kappa shape index (κ3) is 3.14. The van der Waals surface area contributed by atoms with E-state index >= 15 is 0 Å². The summed E-state index contributed by atoms with van der Waals surface area (Å²) in [5, 5.41) is 10.6. The summed E-state index contributed by atoms with van der Waals surface area (Å²) >= 11 is 0. The molecule has 2 aromatic rings. The van der Waals surface area contributed by atoms with Gasteiger partial charge >= 0.3 is 6.18 Å². The molecule has 1 aromatic heterocycles. The summed E-state index contributed by atoms with van der Waals surface area (Å²) in [4.78, 5) is 5.89. The van der Waals surface area contributed by atoms with Crippen LogP contribution in [0.1, 0.15) is 35.2 Å². The van der Waals surface area contributed by atoms with Gasteiger partial charge in [-0.1, -0.05) is 24.3 Å². The summed E-state index contributed by atoms with van der Waals surface area (Å²) in [7, 11) is 1.99. The number of aromatic nitrogens is 2. The van der Waals surface area contributed by atoms with E-state index in [1.807, 2.05) is 31.3 Å². The third-order valence-corrected chi connectivity index (χ3v) is 5.66. The van der Waals surface area contributed by atoms with Crippen LogP contribution in [0.4, 0.5) is 13.2 Å². The molecule has 1 N–H and O–H groups in total. The largest absolute Gasteiger partial charge is 0.434 e. The van der Waals surface area contributed by atoms with Crippen LogP contribution >= 0.6 is 0 Å². The normalized spacial score (nSPS) is 25.4. The number of imidazole rings is 1. The number of benzene rings is 1. The van der Waals surface area contributed by atoms with Crippen molar-refractivity contribution < 1.29 is 18.3 Å². The molecule has 26 heavy (non-hydrogen) atoms. The Bertz CT molecular complexity index is 802. The standard InChI is InChI=1S/C19H22F3N3O/c1-24(15-8-13-4-2-3-5-14(13)18(15)26)9-12-6-7-17-23-16(19(20,21)22)11-25(17)10-12/h2-5,11-12,15,18,26H,6-10H2,1H3/t12-,15+,18+/m0/s1. The van der Waals surface area contributed by atoms with Crippen molar-refractivity contribution in [2.75, 3.05) is 13.6 Å². The highest BCUT2D eigenvalue weighted by Crippen LogP contribution is 2.35. The van der Waals surface area contributed by atoms with Crippen molar-refractivity contribution in [3.63, 3.8) is 0 Å². The topological polar surface area (TPSA) is 41.3 Å². The molecule has 0 saturated carbocycles. The van der Waals surface area contributed by atoms with E-state index in [4.69, 9.17) is 0 Å². The van der Waals surface area contributed by atoms with Crippen LogP contribution in [0.5, 0.6) is 0 Å². The number of fused-ring (bicyclic) bond motifs is 2. The lowest BCUT2D eigenvalue weighted by atomic mass is 9.97. The predicted octanol–water partition coefficient (Wildman–Crippen LogP) is 3.05. The molecule has 140 valence electrons. The van der Waals surface area contributed by atoms with E-state index < -0.39 is 18.0 Å². The lowest BCUT2D eigenvalue weighted by molar-refractivity contribution is -0.141. The summed E-state index contributed by atoms with van der Waals surface area (Å²) in [5.41, 5.74) is 1.36. The zero-order valence-electron chi connectivity index (χ0n) is 14.6. The summed E-state index contributed by atoms with van der Waals surface area (Å²) < 4.78 is 40.2. The molecular weight excluding hydrogens is 343 g/mol. The van der Waals surface area contributed by atoms with E-state index in [1.54, 1.807) is 4.57 Å². The number of likely N-dealkylation sites (N-methyl/N-ethyl adjacent to an activating group) is 1. The highest BCUT2D eigenvalue weighted by molar-refractivity contribution is 5.35. The maximum Gasteiger partial charge on any atom is 0.434 e. The first-order chi connectivity index (χ1) is 12.3. The van der Waals surface area contributed by atoms with Crippen molar-refractivity contribution in [3.05, 3.63) is 53.1 Å². The van der Waals surface area contributed by atoms with Gasteiger partial charge in [0, 0.05) is 31.7 Å². The highest BCUT2D eigenvalue weighted by Gasteiger charge is 2.37. The predicted molar refractivity (Wildman–Crippen MR) is 90.6 cm³/mol. The van der Waals surface area contributed by atoms with Gasteiger partial charge in [0.25, 0.3) is 0 Å².